The maximum Gasteiger partial charge on any atom is 0.133 e. The molecule has 3 heteroatoms. The second-order valence-corrected chi connectivity index (χ2v) is 4.64. The van der Waals surface area contributed by atoms with Gasteiger partial charge in [0.05, 0.1) is 17.1 Å². The zero-order chi connectivity index (χ0) is 8.97. The Kier molecular flexibility index (Phi) is 4.09. The van der Waals surface area contributed by atoms with Crippen molar-refractivity contribution >= 4 is 17.1 Å². The maximum atomic E-state index is 11.3. The summed E-state index contributed by atoms with van der Waals surface area (Å²) in [6, 6.07) is 0. The van der Waals surface area contributed by atoms with Crippen LogP contribution in [0.2, 0.25) is 0 Å². The number of nitrogens with zero attached hydrogens (tertiary/aromatic N) is 1. The first-order valence-electron chi connectivity index (χ1n) is 4.70. The van der Waals surface area contributed by atoms with Crippen molar-refractivity contribution in [3.05, 3.63) is 0 Å². The second kappa shape index (κ2) is 4.87. The van der Waals surface area contributed by atoms with Crippen LogP contribution in [-0.2, 0) is 11.4 Å². The van der Waals surface area contributed by atoms with Gasteiger partial charge in [-0.3, -0.25) is 0 Å². The van der Waals surface area contributed by atoms with Crippen molar-refractivity contribution in [1.82, 2.24) is 0 Å². The van der Waals surface area contributed by atoms with Crippen molar-refractivity contribution < 1.29 is 4.55 Å². The Bertz CT molecular complexity index is 170. The van der Waals surface area contributed by atoms with Gasteiger partial charge in [-0.2, -0.15) is 0 Å². The molecule has 1 aliphatic rings. The first-order valence-corrected chi connectivity index (χ1v) is 5.97. The van der Waals surface area contributed by atoms with E-state index in [1.807, 2.05) is 0 Å². The molecule has 1 fully saturated rings. The highest BCUT2D eigenvalue weighted by Gasteiger charge is 2.23. The molecule has 0 aromatic carbocycles. The van der Waals surface area contributed by atoms with Crippen LogP contribution in [0.5, 0.6) is 0 Å². The van der Waals surface area contributed by atoms with Crippen molar-refractivity contribution in [2.75, 3.05) is 5.75 Å². The summed E-state index contributed by atoms with van der Waals surface area (Å²) in [5, 5.41) is 0. The van der Waals surface area contributed by atoms with Crippen molar-refractivity contribution in [1.29, 1.82) is 0 Å². The fraction of sp³-hybridized carbons (Fsp3) is 0.889. The van der Waals surface area contributed by atoms with Gasteiger partial charge in [-0.05, 0) is 25.2 Å². The van der Waals surface area contributed by atoms with Gasteiger partial charge in [0.25, 0.3) is 0 Å². The lowest BCUT2D eigenvalue weighted by Crippen LogP contribution is -2.24. The Balaban J connectivity index is 2.24. The first kappa shape index (κ1) is 10.1. The van der Waals surface area contributed by atoms with E-state index in [-0.39, 0.29) is 0 Å². The molecule has 2 nitrogen and oxygen atoms in total. The monoisotopic (exact) mass is 187 g/mol. The maximum absolute atomic E-state index is 11.3. The van der Waals surface area contributed by atoms with Crippen LogP contribution < -0.4 is 0 Å². The molecule has 0 bridgehead atoms. The average molecular weight is 187 g/mol. The molecule has 12 heavy (non-hydrogen) atoms. The zero-order valence-corrected chi connectivity index (χ0v) is 8.69. The van der Waals surface area contributed by atoms with Crippen LogP contribution in [0.4, 0.5) is 0 Å². The molecular weight excluding hydrogens is 170 g/mol. The predicted octanol–water partition coefficient (Wildman–Crippen LogP) is 2.32. The summed E-state index contributed by atoms with van der Waals surface area (Å²) in [6.45, 7) is 4.26. The first-order chi connectivity index (χ1) is 5.74. The highest BCUT2D eigenvalue weighted by molar-refractivity contribution is 7.90. The lowest BCUT2D eigenvalue weighted by molar-refractivity contribution is 0.583. The minimum absolute atomic E-state index is 0.593. The summed E-state index contributed by atoms with van der Waals surface area (Å²) in [7, 11) is 0. The third-order valence-corrected chi connectivity index (χ3v) is 3.37. The van der Waals surface area contributed by atoms with Crippen LogP contribution in [0.25, 0.3) is 0 Å². The molecular formula is C9H17NOS. The number of rotatable bonds is 4. The van der Waals surface area contributed by atoms with Crippen molar-refractivity contribution in [3.63, 3.8) is 0 Å². The van der Waals surface area contributed by atoms with Gasteiger partial charge in [0.1, 0.15) is 5.75 Å². The van der Waals surface area contributed by atoms with Gasteiger partial charge in [-0.15, -0.1) is 0 Å². The molecule has 1 rings (SSSR count). The summed E-state index contributed by atoms with van der Waals surface area (Å²) in [5.74, 6) is 1.34. The third kappa shape index (κ3) is 2.79. The van der Waals surface area contributed by atoms with Gasteiger partial charge < -0.3 is 4.55 Å². The SMILES string of the molecule is CCCC[S@+]([O-])N=C1CC[C@@H]1C. The van der Waals surface area contributed by atoms with E-state index in [1.165, 1.54) is 12.1 Å². The summed E-state index contributed by atoms with van der Waals surface area (Å²) in [4.78, 5) is 0. The van der Waals surface area contributed by atoms with Crippen molar-refractivity contribution in [2.45, 2.75) is 39.5 Å². The standard InChI is InChI=1S/C9H17NOS/c1-3-4-7-12(11)10-9-6-5-8(9)2/h8H,3-7H2,1-2H3/t8-,12-/m0/s1. The van der Waals surface area contributed by atoms with Gasteiger partial charge in [-0.25, -0.2) is 0 Å². The fourth-order valence-electron chi connectivity index (χ4n) is 1.14. The molecule has 0 amide bonds. The molecule has 70 valence electrons. The molecule has 0 N–H and O–H groups in total. The largest absolute Gasteiger partial charge is 0.591 e. The Morgan fingerprint density at radius 2 is 2.42 bits per heavy atom. The van der Waals surface area contributed by atoms with Crippen LogP contribution in [0.15, 0.2) is 4.40 Å². The molecule has 0 heterocycles. The molecule has 0 saturated heterocycles. The van der Waals surface area contributed by atoms with Crippen LogP contribution in [0, 0.1) is 5.92 Å². The van der Waals surface area contributed by atoms with Gasteiger partial charge in [0, 0.05) is 0 Å². The molecule has 0 unspecified atom stereocenters. The summed E-state index contributed by atoms with van der Waals surface area (Å²) < 4.78 is 15.5. The summed E-state index contributed by atoms with van der Waals surface area (Å²) >= 11 is -0.931. The van der Waals surface area contributed by atoms with Gasteiger partial charge >= 0.3 is 0 Å². The minimum Gasteiger partial charge on any atom is -0.591 e. The summed E-state index contributed by atoms with van der Waals surface area (Å²) in [6.07, 6.45) is 4.42. The van der Waals surface area contributed by atoms with E-state index in [1.54, 1.807) is 0 Å². The van der Waals surface area contributed by atoms with Gasteiger partial charge in [0.15, 0.2) is 0 Å². The van der Waals surface area contributed by atoms with E-state index in [0.717, 1.165) is 25.0 Å². The van der Waals surface area contributed by atoms with Gasteiger partial charge in [0.2, 0.25) is 0 Å². The molecule has 0 spiro atoms. The molecule has 1 aliphatic carbocycles. The van der Waals surface area contributed by atoms with E-state index >= 15 is 0 Å². The molecule has 0 aromatic rings. The zero-order valence-electron chi connectivity index (χ0n) is 7.88. The van der Waals surface area contributed by atoms with Crippen LogP contribution >= 0.6 is 0 Å². The predicted molar refractivity (Wildman–Crippen MR) is 53.8 cm³/mol. The molecule has 0 radical (unpaired) electrons. The van der Waals surface area contributed by atoms with E-state index in [2.05, 4.69) is 18.2 Å². The Labute approximate surface area is 77.8 Å². The van der Waals surface area contributed by atoms with Crippen molar-refractivity contribution in [2.24, 2.45) is 10.3 Å². The quantitative estimate of drug-likeness (QED) is 0.622. The second-order valence-electron chi connectivity index (χ2n) is 3.40. The van der Waals surface area contributed by atoms with Crippen molar-refractivity contribution in [3.8, 4) is 0 Å². The van der Waals surface area contributed by atoms with Crippen LogP contribution in [0.1, 0.15) is 39.5 Å². The lowest BCUT2D eigenvalue weighted by atomic mass is 9.85. The smallest absolute Gasteiger partial charge is 0.133 e. The molecule has 0 aliphatic heterocycles. The van der Waals surface area contributed by atoms with Crippen LogP contribution in [-0.4, -0.2) is 16.0 Å². The summed E-state index contributed by atoms with van der Waals surface area (Å²) in [5.41, 5.74) is 1.17. The van der Waals surface area contributed by atoms with E-state index in [9.17, 15) is 4.55 Å². The number of hydrogen-bond donors (Lipinski definition) is 0. The normalized spacial score (nSPS) is 28.6. The lowest BCUT2D eigenvalue weighted by Gasteiger charge is -2.22. The molecule has 0 aromatic heterocycles. The Morgan fingerprint density at radius 3 is 2.83 bits per heavy atom. The molecule has 2 atom stereocenters. The number of hydrogen-bond acceptors (Lipinski definition) is 2. The Morgan fingerprint density at radius 1 is 1.67 bits per heavy atom. The minimum atomic E-state index is -0.931. The topological polar surface area (TPSA) is 35.4 Å². The highest BCUT2D eigenvalue weighted by Crippen LogP contribution is 2.24. The average Bonchev–Trinajstić information content (AvgIpc) is 2.08. The third-order valence-electron chi connectivity index (χ3n) is 2.29. The highest BCUT2D eigenvalue weighted by atomic mass is 32.2. The molecule has 1 saturated carbocycles. The van der Waals surface area contributed by atoms with E-state index in [4.69, 9.17) is 0 Å². The fourth-order valence-corrected chi connectivity index (χ4v) is 2.30. The Hall–Kier alpha value is -0.0200. The van der Waals surface area contributed by atoms with E-state index in [0.29, 0.717) is 5.92 Å². The van der Waals surface area contributed by atoms with Gasteiger partial charge in [-0.1, -0.05) is 24.7 Å². The van der Waals surface area contributed by atoms with E-state index < -0.39 is 11.4 Å². The van der Waals surface area contributed by atoms with Crippen LogP contribution in [0.3, 0.4) is 0 Å². The number of unbranched alkanes of at least 4 members (excludes halogenated alkanes) is 1.